The highest BCUT2D eigenvalue weighted by Gasteiger charge is 2.42. The second kappa shape index (κ2) is 10.0. The molecule has 5 nitrogen and oxygen atoms in total. The normalized spacial score (nSPS) is 15.5. The average Bonchev–Trinajstić information content (AvgIpc) is 2.42. The van der Waals surface area contributed by atoms with E-state index in [0.717, 1.165) is 5.57 Å². The maximum Gasteiger partial charge on any atom is 0.347 e. The summed E-state index contributed by atoms with van der Waals surface area (Å²) < 4.78 is 30.2. The Kier molecular flexibility index (Phi) is 9.86. The molecular weight excluding hydrogens is 353 g/mol. The van der Waals surface area contributed by atoms with Crippen molar-refractivity contribution in [3.63, 3.8) is 0 Å². The maximum absolute atomic E-state index is 13.0. The number of nitriles is 1. The van der Waals surface area contributed by atoms with Gasteiger partial charge in [-0.25, -0.2) is 0 Å². The Hall–Kier alpha value is -0.443. The molecule has 0 saturated carbocycles. The Balaban J connectivity index is 5.51. The molecule has 0 heterocycles. The fraction of sp³-hybridized carbons (Fsp3) is 0.833. The van der Waals surface area contributed by atoms with Gasteiger partial charge in [0.15, 0.2) is 14.0 Å². The molecule has 0 amide bonds. The molecule has 0 fully saturated rings. The Morgan fingerprint density at radius 2 is 1.72 bits per heavy atom. The molecule has 0 aliphatic rings. The summed E-state index contributed by atoms with van der Waals surface area (Å²) in [5.41, 5.74) is 0.129. The molecule has 0 aromatic heterocycles. The molecule has 0 rings (SSSR count). The number of nitrogens with zero attached hydrogens (tertiary/aromatic N) is 1. The van der Waals surface area contributed by atoms with Crippen molar-refractivity contribution in [2.75, 3.05) is 13.2 Å². The molecule has 0 bridgehead atoms. The largest absolute Gasteiger partial charge is 0.414 e. The summed E-state index contributed by atoms with van der Waals surface area (Å²) in [5.74, 6) is 0. The fourth-order valence-electron chi connectivity index (χ4n) is 2.23. The van der Waals surface area contributed by atoms with E-state index in [1.807, 2.05) is 6.92 Å². The van der Waals surface area contributed by atoms with Gasteiger partial charge in [-0.2, -0.15) is 5.26 Å². The first-order chi connectivity index (χ1) is 11.3. The molecule has 0 aliphatic carbocycles. The van der Waals surface area contributed by atoms with Gasteiger partial charge in [-0.15, -0.1) is 6.58 Å². The van der Waals surface area contributed by atoms with Gasteiger partial charge in [-0.05, 0) is 51.7 Å². The van der Waals surface area contributed by atoms with Crippen LogP contribution in [-0.4, -0.2) is 33.3 Å². The lowest BCUT2D eigenvalue weighted by molar-refractivity contribution is 0.162. The summed E-state index contributed by atoms with van der Waals surface area (Å²) in [6, 6.07) is 2.13. The lowest BCUT2D eigenvalue weighted by Gasteiger charge is -2.40. The van der Waals surface area contributed by atoms with Crippen LogP contribution in [0.15, 0.2) is 12.2 Å². The molecule has 146 valence electrons. The van der Waals surface area contributed by atoms with Crippen LogP contribution in [0.25, 0.3) is 0 Å². The van der Waals surface area contributed by atoms with Gasteiger partial charge >= 0.3 is 7.60 Å². The van der Waals surface area contributed by atoms with E-state index >= 15 is 0 Å². The third-order valence-electron chi connectivity index (χ3n) is 4.48. The minimum absolute atomic E-state index is 0.0476. The number of rotatable bonds is 11. The first-order valence-corrected chi connectivity index (χ1v) is 13.5. The van der Waals surface area contributed by atoms with E-state index in [2.05, 4.69) is 46.5 Å². The molecule has 0 spiro atoms. The lowest BCUT2D eigenvalue weighted by atomic mass is 10.1. The van der Waals surface area contributed by atoms with E-state index in [1.165, 1.54) is 0 Å². The monoisotopic (exact) mass is 389 g/mol. The van der Waals surface area contributed by atoms with Crippen LogP contribution >= 0.6 is 7.60 Å². The second-order valence-electron chi connectivity index (χ2n) is 7.92. The van der Waals surface area contributed by atoms with Crippen molar-refractivity contribution in [1.29, 1.82) is 5.26 Å². The van der Waals surface area contributed by atoms with Crippen LogP contribution in [-0.2, 0) is 18.0 Å². The predicted octanol–water partition coefficient (Wildman–Crippen LogP) is 5.89. The molecule has 0 radical (unpaired) electrons. The highest BCUT2D eigenvalue weighted by atomic mass is 31.2. The highest BCUT2D eigenvalue weighted by Crippen LogP contribution is 2.54. The highest BCUT2D eigenvalue weighted by molar-refractivity contribution is 7.55. The summed E-state index contributed by atoms with van der Waals surface area (Å²) >= 11 is 0. The third-order valence-corrected chi connectivity index (χ3v) is 11.3. The minimum atomic E-state index is -3.49. The van der Waals surface area contributed by atoms with Gasteiger partial charge in [0, 0.05) is 0 Å². The van der Waals surface area contributed by atoms with Crippen LogP contribution in [0.4, 0.5) is 0 Å². The van der Waals surface area contributed by atoms with Gasteiger partial charge in [0.05, 0.1) is 25.4 Å². The maximum atomic E-state index is 13.0. The van der Waals surface area contributed by atoms with Gasteiger partial charge in [0.1, 0.15) is 0 Å². The molecule has 7 heteroatoms. The first-order valence-electron chi connectivity index (χ1n) is 8.93. The van der Waals surface area contributed by atoms with Gasteiger partial charge in [-0.1, -0.05) is 26.3 Å². The van der Waals surface area contributed by atoms with Crippen molar-refractivity contribution in [2.24, 2.45) is 0 Å². The van der Waals surface area contributed by atoms with E-state index in [0.29, 0.717) is 12.8 Å². The van der Waals surface area contributed by atoms with E-state index in [1.54, 1.807) is 13.8 Å². The molecule has 0 aromatic rings. The lowest BCUT2D eigenvalue weighted by Crippen LogP contribution is -2.44. The van der Waals surface area contributed by atoms with Crippen molar-refractivity contribution >= 4 is 15.9 Å². The zero-order chi connectivity index (χ0) is 19.9. The summed E-state index contributed by atoms with van der Waals surface area (Å²) in [7, 11) is -5.52. The van der Waals surface area contributed by atoms with Crippen LogP contribution in [0.1, 0.15) is 54.4 Å². The van der Waals surface area contributed by atoms with Crippen molar-refractivity contribution in [3.8, 4) is 6.07 Å². The molecule has 0 aromatic carbocycles. The van der Waals surface area contributed by atoms with Crippen LogP contribution in [0, 0.1) is 11.3 Å². The average molecular weight is 390 g/mol. The van der Waals surface area contributed by atoms with Crippen LogP contribution < -0.4 is 0 Å². The Bertz CT molecular complexity index is 512. The van der Waals surface area contributed by atoms with Crippen molar-refractivity contribution < 1.29 is 18.0 Å². The zero-order valence-electron chi connectivity index (χ0n) is 17.2. The zero-order valence-corrected chi connectivity index (χ0v) is 19.1. The first kappa shape index (κ1) is 24.6. The molecule has 0 saturated heterocycles. The van der Waals surface area contributed by atoms with Crippen LogP contribution in [0.3, 0.4) is 0 Å². The Morgan fingerprint density at radius 1 is 1.24 bits per heavy atom. The minimum Gasteiger partial charge on any atom is -0.414 e. The van der Waals surface area contributed by atoms with E-state index in [4.69, 9.17) is 13.5 Å². The predicted molar refractivity (Wildman–Crippen MR) is 106 cm³/mol. The fourth-order valence-corrected chi connectivity index (χ4v) is 5.39. The number of hydrogen-bond acceptors (Lipinski definition) is 5. The van der Waals surface area contributed by atoms with Gasteiger partial charge in [0.25, 0.3) is 0 Å². The second-order valence-corrected chi connectivity index (χ2v) is 14.9. The SMILES string of the molecule is C=C(C)C[C@H](CC(C#N)P(=O)(OCC)OCC)O[Si](C)(C)C(C)(C)C. The van der Waals surface area contributed by atoms with E-state index in [-0.39, 0.29) is 24.4 Å². The standard InChI is InChI=1S/C18H36NO4PSi/c1-10-21-24(20,22-11-2)17(14-19)13-16(12-15(3)4)23-25(8,9)18(5,6)7/h16-17H,3,10-13H2,1-2,4-9H3/t16-,17?/m1/s1. The van der Waals surface area contributed by atoms with Gasteiger partial charge in [-0.3, -0.25) is 4.57 Å². The third kappa shape index (κ3) is 7.76. The molecular formula is C18H36NO4PSi. The Labute approximate surface area is 155 Å². The van der Waals surface area contributed by atoms with Crippen LogP contribution in [0.2, 0.25) is 18.1 Å². The molecule has 2 atom stereocenters. The quantitative estimate of drug-likeness (QED) is 0.250. The molecule has 0 aliphatic heterocycles. The summed E-state index contributed by atoms with van der Waals surface area (Å²) in [6.07, 6.45) is 0.716. The van der Waals surface area contributed by atoms with E-state index < -0.39 is 21.6 Å². The number of hydrogen-bond donors (Lipinski definition) is 0. The van der Waals surface area contributed by atoms with E-state index in [9.17, 15) is 9.83 Å². The smallest absolute Gasteiger partial charge is 0.347 e. The summed E-state index contributed by atoms with van der Waals surface area (Å²) in [5, 5.41) is 9.65. The topological polar surface area (TPSA) is 68.6 Å². The molecule has 1 unspecified atom stereocenters. The van der Waals surface area contributed by atoms with Crippen molar-refractivity contribution in [1.82, 2.24) is 0 Å². The van der Waals surface area contributed by atoms with Crippen molar-refractivity contribution in [2.45, 2.75) is 84.3 Å². The molecule has 0 N–H and O–H groups in total. The summed E-state index contributed by atoms with van der Waals surface area (Å²) in [6.45, 7) is 20.7. The van der Waals surface area contributed by atoms with Crippen molar-refractivity contribution in [3.05, 3.63) is 12.2 Å². The van der Waals surface area contributed by atoms with Crippen LogP contribution in [0.5, 0.6) is 0 Å². The summed E-state index contributed by atoms with van der Waals surface area (Å²) in [4.78, 5) is 0. The van der Waals surface area contributed by atoms with Gasteiger partial charge in [0.2, 0.25) is 0 Å². The molecule has 25 heavy (non-hydrogen) atoms. The Morgan fingerprint density at radius 3 is 2.04 bits per heavy atom. The van der Waals surface area contributed by atoms with Gasteiger partial charge < -0.3 is 13.5 Å².